The van der Waals surface area contributed by atoms with Crippen LogP contribution in [0.2, 0.25) is 0 Å². The molecule has 1 amide bonds. The lowest BCUT2D eigenvalue weighted by molar-refractivity contribution is -1.02. The summed E-state index contributed by atoms with van der Waals surface area (Å²) < 4.78 is 5.17. The summed E-state index contributed by atoms with van der Waals surface area (Å²) in [7, 11) is 0. The number of piperazine rings is 1. The van der Waals surface area contributed by atoms with E-state index in [-0.39, 0.29) is 18.0 Å². The second kappa shape index (κ2) is 10.2. The van der Waals surface area contributed by atoms with Crippen molar-refractivity contribution < 1.29 is 24.1 Å². The molecular weight excluding hydrogens is 366 g/mol. The number of esters is 1. The Morgan fingerprint density at radius 3 is 2.17 bits per heavy atom. The predicted octanol–water partition coefficient (Wildman–Crippen LogP) is 0.174. The molecule has 3 N–H and O–H groups in total. The van der Waals surface area contributed by atoms with Gasteiger partial charge in [-0.25, -0.2) is 4.79 Å². The number of amides is 1. The number of quaternary nitrogens is 2. The molecule has 1 aliphatic rings. The van der Waals surface area contributed by atoms with Crippen molar-refractivity contribution in [2.24, 2.45) is 0 Å². The number of hydrogen-bond donors (Lipinski definition) is 3. The highest BCUT2D eigenvalue weighted by Gasteiger charge is 2.24. The van der Waals surface area contributed by atoms with Gasteiger partial charge in [0.1, 0.15) is 32.7 Å². The Labute approximate surface area is 172 Å². The topological polar surface area (TPSA) is 64.3 Å². The Hall–Kier alpha value is -2.70. The maximum atomic E-state index is 12.4. The second-order valence-corrected chi connectivity index (χ2v) is 7.92. The molecule has 6 heteroatoms. The molecule has 0 spiro atoms. The molecule has 0 saturated carbocycles. The minimum atomic E-state index is -0.349. The number of anilines is 1. The fourth-order valence-electron chi connectivity index (χ4n) is 3.60. The van der Waals surface area contributed by atoms with E-state index in [1.165, 1.54) is 10.5 Å². The molecule has 0 aromatic heterocycles. The Morgan fingerprint density at radius 1 is 0.931 bits per heavy atom. The molecule has 0 unspecified atom stereocenters. The van der Waals surface area contributed by atoms with Gasteiger partial charge in [0, 0.05) is 11.3 Å². The van der Waals surface area contributed by atoms with E-state index in [9.17, 15) is 9.59 Å². The zero-order chi connectivity index (χ0) is 20.6. The van der Waals surface area contributed by atoms with Gasteiger partial charge in [0.15, 0.2) is 6.54 Å². The third kappa shape index (κ3) is 6.69. The van der Waals surface area contributed by atoms with E-state index in [0.29, 0.717) is 17.8 Å². The lowest BCUT2D eigenvalue weighted by atomic mass is 10.2. The Morgan fingerprint density at radius 2 is 1.55 bits per heavy atom. The molecule has 154 valence electrons. The quantitative estimate of drug-likeness (QED) is 0.584. The van der Waals surface area contributed by atoms with Crippen molar-refractivity contribution >= 4 is 17.6 Å². The van der Waals surface area contributed by atoms with Gasteiger partial charge < -0.3 is 19.9 Å². The zero-order valence-corrected chi connectivity index (χ0v) is 17.2. The number of benzene rings is 2. The van der Waals surface area contributed by atoms with E-state index in [1.54, 1.807) is 29.2 Å². The molecule has 2 aromatic rings. The summed E-state index contributed by atoms with van der Waals surface area (Å²) in [6.45, 7) is 9.29. The average molecular weight is 398 g/mol. The number of hydrogen-bond acceptors (Lipinski definition) is 3. The third-order valence-corrected chi connectivity index (χ3v) is 5.12. The van der Waals surface area contributed by atoms with Crippen LogP contribution in [-0.2, 0) is 16.1 Å². The van der Waals surface area contributed by atoms with E-state index in [2.05, 4.69) is 29.6 Å². The highest BCUT2D eigenvalue weighted by molar-refractivity contribution is 5.93. The maximum Gasteiger partial charge on any atom is 0.338 e. The van der Waals surface area contributed by atoms with Gasteiger partial charge in [-0.05, 0) is 38.1 Å². The summed E-state index contributed by atoms with van der Waals surface area (Å²) in [6.07, 6.45) is -0.153. The zero-order valence-electron chi connectivity index (χ0n) is 17.2. The summed E-state index contributed by atoms with van der Waals surface area (Å²) in [5, 5.41) is 2.93. The van der Waals surface area contributed by atoms with E-state index in [4.69, 9.17) is 4.74 Å². The molecule has 0 radical (unpaired) electrons. The van der Waals surface area contributed by atoms with E-state index >= 15 is 0 Å². The number of carbonyl (C=O) groups is 2. The van der Waals surface area contributed by atoms with Gasteiger partial charge in [-0.15, -0.1) is 0 Å². The summed E-state index contributed by atoms with van der Waals surface area (Å²) >= 11 is 0. The maximum absolute atomic E-state index is 12.4. The fraction of sp³-hybridized carbons (Fsp3) is 0.391. The second-order valence-electron chi connectivity index (χ2n) is 7.92. The largest absolute Gasteiger partial charge is 0.459 e. The fourth-order valence-corrected chi connectivity index (χ4v) is 3.60. The lowest BCUT2D eigenvalue weighted by Crippen LogP contribution is -3.28. The monoisotopic (exact) mass is 397 g/mol. The molecule has 2 aromatic carbocycles. The molecule has 29 heavy (non-hydrogen) atoms. The molecule has 0 atom stereocenters. The van der Waals surface area contributed by atoms with Gasteiger partial charge in [0.2, 0.25) is 0 Å². The van der Waals surface area contributed by atoms with Gasteiger partial charge in [-0.2, -0.15) is 0 Å². The van der Waals surface area contributed by atoms with Gasteiger partial charge in [0.05, 0.1) is 11.7 Å². The van der Waals surface area contributed by atoms with Gasteiger partial charge in [0.25, 0.3) is 5.91 Å². The molecule has 1 heterocycles. The normalized spacial score (nSPS) is 19.0. The van der Waals surface area contributed by atoms with Crippen LogP contribution >= 0.6 is 0 Å². The van der Waals surface area contributed by atoms with Crippen LogP contribution in [0.15, 0.2) is 54.6 Å². The number of rotatable bonds is 7. The smallest absolute Gasteiger partial charge is 0.338 e. The molecule has 0 aliphatic carbocycles. The lowest BCUT2D eigenvalue weighted by Gasteiger charge is -2.29. The minimum absolute atomic E-state index is 0.00372. The Kier molecular flexibility index (Phi) is 7.38. The van der Waals surface area contributed by atoms with Gasteiger partial charge in [-0.3, -0.25) is 4.79 Å². The van der Waals surface area contributed by atoms with Crippen molar-refractivity contribution in [3.05, 3.63) is 65.7 Å². The first-order chi connectivity index (χ1) is 14.0. The van der Waals surface area contributed by atoms with Crippen LogP contribution in [-0.4, -0.2) is 50.7 Å². The molecule has 1 saturated heterocycles. The van der Waals surface area contributed by atoms with Crippen LogP contribution in [0.3, 0.4) is 0 Å². The number of nitrogens with one attached hydrogen (secondary N) is 3. The Balaban J connectivity index is 1.41. The van der Waals surface area contributed by atoms with E-state index < -0.39 is 0 Å². The van der Waals surface area contributed by atoms with Crippen molar-refractivity contribution in [2.75, 3.05) is 38.0 Å². The number of carbonyl (C=O) groups excluding carboxylic acids is 2. The van der Waals surface area contributed by atoms with Crippen LogP contribution < -0.4 is 15.1 Å². The first-order valence-electron chi connectivity index (χ1n) is 10.3. The highest BCUT2D eigenvalue weighted by atomic mass is 16.5. The van der Waals surface area contributed by atoms with Crippen molar-refractivity contribution in [3.63, 3.8) is 0 Å². The summed E-state index contributed by atoms with van der Waals surface area (Å²) in [6, 6.07) is 17.4. The van der Waals surface area contributed by atoms with Gasteiger partial charge in [-0.1, -0.05) is 30.3 Å². The van der Waals surface area contributed by atoms with Crippen molar-refractivity contribution in [1.29, 1.82) is 0 Å². The molecule has 3 rings (SSSR count). The van der Waals surface area contributed by atoms with Crippen LogP contribution in [0, 0.1) is 0 Å². The molecular formula is C23H31N3O3+2. The van der Waals surface area contributed by atoms with E-state index in [0.717, 1.165) is 32.7 Å². The molecule has 0 bridgehead atoms. The van der Waals surface area contributed by atoms with Crippen molar-refractivity contribution in [2.45, 2.75) is 26.5 Å². The number of ether oxygens (including phenoxy) is 1. The molecule has 1 fully saturated rings. The van der Waals surface area contributed by atoms with Crippen LogP contribution in [0.25, 0.3) is 0 Å². The van der Waals surface area contributed by atoms with Crippen molar-refractivity contribution in [3.8, 4) is 0 Å². The standard InChI is InChI=1S/C23H29N3O3/c1-18(2)29-23(28)20-8-10-21(11-9-20)24-22(27)17-26-14-12-25(13-15-26)16-19-6-4-3-5-7-19/h3-11,18H,12-17H2,1-2H3,(H,24,27)/p+2. The molecule has 6 nitrogen and oxygen atoms in total. The predicted molar refractivity (Wildman–Crippen MR) is 112 cm³/mol. The van der Waals surface area contributed by atoms with Gasteiger partial charge >= 0.3 is 5.97 Å². The minimum Gasteiger partial charge on any atom is -0.459 e. The summed E-state index contributed by atoms with van der Waals surface area (Å²) in [5.74, 6) is -0.345. The highest BCUT2D eigenvalue weighted by Crippen LogP contribution is 2.11. The van der Waals surface area contributed by atoms with E-state index in [1.807, 2.05) is 19.9 Å². The average Bonchev–Trinajstić information content (AvgIpc) is 2.70. The first-order valence-corrected chi connectivity index (χ1v) is 10.3. The molecule has 1 aliphatic heterocycles. The Bertz CT molecular complexity index is 798. The summed E-state index contributed by atoms with van der Waals surface area (Å²) in [5.41, 5.74) is 2.55. The third-order valence-electron chi connectivity index (χ3n) is 5.12. The first kappa shape index (κ1) is 21.0. The van der Waals surface area contributed by atoms with Crippen LogP contribution in [0.1, 0.15) is 29.8 Å². The summed E-state index contributed by atoms with van der Waals surface area (Å²) in [4.78, 5) is 27.2. The van der Waals surface area contributed by atoms with Crippen molar-refractivity contribution in [1.82, 2.24) is 0 Å². The van der Waals surface area contributed by atoms with Crippen LogP contribution in [0.5, 0.6) is 0 Å². The van der Waals surface area contributed by atoms with Crippen LogP contribution in [0.4, 0.5) is 5.69 Å². The SMILES string of the molecule is CC(C)OC(=O)c1ccc(NC(=O)C[NH+]2CC[NH+](Cc3ccccc3)CC2)cc1.